The summed E-state index contributed by atoms with van der Waals surface area (Å²) in [5.41, 5.74) is 2.19. The molecule has 0 aliphatic carbocycles. The minimum atomic E-state index is 0.402. The number of aryl methyl sites for hydroxylation is 1. The molecule has 4 nitrogen and oxygen atoms in total. The van der Waals surface area contributed by atoms with E-state index >= 15 is 0 Å². The Kier molecular flexibility index (Phi) is 3.96. The number of benzene rings is 1. The van der Waals surface area contributed by atoms with Crippen molar-refractivity contribution in [2.75, 3.05) is 11.1 Å². The van der Waals surface area contributed by atoms with Crippen molar-refractivity contribution in [1.82, 2.24) is 10.2 Å². The van der Waals surface area contributed by atoms with Crippen LogP contribution in [0, 0.1) is 18.3 Å². The smallest absolute Gasteiger partial charge is 0.210 e. The van der Waals surface area contributed by atoms with Gasteiger partial charge in [0.1, 0.15) is 0 Å². The topological polar surface area (TPSA) is 61.6 Å². The standard InChI is InChI=1S/C11H10N4S2/c1-8-3-2-4-9(7-8)13-10-14-15-11(17-10)16-6-5-12/h2-4,7H,6H2,1H3,(H,13,14). The number of hydrogen-bond donors (Lipinski definition) is 1. The molecule has 6 heteroatoms. The summed E-state index contributed by atoms with van der Waals surface area (Å²) >= 11 is 2.85. The van der Waals surface area contributed by atoms with Gasteiger partial charge in [0.15, 0.2) is 4.34 Å². The molecule has 2 rings (SSSR count). The second-order valence-electron chi connectivity index (χ2n) is 3.31. The Balaban J connectivity index is 2.04. The largest absolute Gasteiger partial charge is 0.330 e. The third kappa shape index (κ3) is 3.44. The second kappa shape index (κ2) is 5.66. The summed E-state index contributed by atoms with van der Waals surface area (Å²) in [6.45, 7) is 2.04. The summed E-state index contributed by atoms with van der Waals surface area (Å²) in [5, 5.41) is 20.4. The number of aromatic nitrogens is 2. The first-order valence-electron chi connectivity index (χ1n) is 4.95. The first kappa shape index (κ1) is 11.9. The van der Waals surface area contributed by atoms with Gasteiger partial charge < -0.3 is 5.32 Å². The molecule has 1 aromatic heterocycles. The lowest BCUT2D eigenvalue weighted by Crippen LogP contribution is -1.89. The monoisotopic (exact) mass is 262 g/mol. The van der Waals surface area contributed by atoms with Crippen molar-refractivity contribution in [3.63, 3.8) is 0 Å². The Labute approximate surface area is 108 Å². The van der Waals surface area contributed by atoms with E-state index in [-0.39, 0.29) is 0 Å². The number of thioether (sulfide) groups is 1. The van der Waals surface area contributed by atoms with Gasteiger partial charge in [0.25, 0.3) is 0 Å². The first-order chi connectivity index (χ1) is 8.28. The lowest BCUT2D eigenvalue weighted by Gasteiger charge is -2.01. The normalized spacial score (nSPS) is 9.88. The SMILES string of the molecule is Cc1cccc(Nc2nnc(SCC#N)s2)c1. The Morgan fingerprint density at radius 1 is 1.47 bits per heavy atom. The van der Waals surface area contributed by atoms with E-state index < -0.39 is 0 Å². The molecule has 0 aliphatic rings. The molecule has 1 N–H and O–H groups in total. The maximum atomic E-state index is 8.47. The Hall–Kier alpha value is -1.58. The van der Waals surface area contributed by atoms with Gasteiger partial charge in [-0.25, -0.2) is 0 Å². The minimum Gasteiger partial charge on any atom is -0.330 e. The van der Waals surface area contributed by atoms with E-state index in [0.717, 1.165) is 15.2 Å². The van der Waals surface area contributed by atoms with Crippen molar-refractivity contribution in [2.24, 2.45) is 0 Å². The van der Waals surface area contributed by atoms with E-state index in [2.05, 4.69) is 21.6 Å². The van der Waals surface area contributed by atoms with Crippen LogP contribution in [0.4, 0.5) is 10.8 Å². The van der Waals surface area contributed by atoms with Crippen LogP contribution in [0.5, 0.6) is 0 Å². The molecule has 0 amide bonds. The summed E-state index contributed by atoms with van der Waals surface area (Å²) in [5.74, 6) is 0.402. The molecule has 0 unspecified atom stereocenters. The van der Waals surface area contributed by atoms with Crippen molar-refractivity contribution >= 4 is 33.9 Å². The van der Waals surface area contributed by atoms with E-state index in [4.69, 9.17) is 5.26 Å². The summed E-state index contributed by atoms with van der Waals surface area (Å²) in [6, 6.07) is 10.1. The summed E-state index contributed by atoms with van der Waals surface area (Å²) in [7, 11) is 0. The fourth-order valence-electron chi connectivity index (χ4n) is 1.26. The molecule has 1 heterocycles. The van der Waals surface area contributed by atoms with E-state index in [1.54, 1.807) is 0 Å². The molecule has 17 heavy (non-hydrogen) atoms. The van der Waals surface area contributed by atoms with Crippen molar-refractivity contribution in [2.45, 2.75) is 11.3 Å². The van der Waals surface area contributed by atoms with Crippen LogP contribution < -0.4 is 5.32 Å². The lowest BCUT2D eigenvalue weighted by molar-refractivity contribution is 1.01. The van der Waals surface area contributed by atoms with Gasteiger partial charge >= 0.3 is 0 Å². The lowest BCUT2D eigenvalue weighted by atomic mass is 10.2. The summed E-state index contributed by atoms with van der Waals surface area (Å²) < 4.78 is 0.807. The quantitative estimate of drug-likeness (QED) is 0.857. The highest BCUT2D eigenvalue weighted by Crippen LogP contribution is 2.27. The number of rotatable bonds is 4. The number of nitrogens with zero attached hydrogens (tertiary/aromatic N) is 3. The zero-order valence-electron chi connectivity index (χ0n) is 9.17. The van der Waals surface area contributed by atoms with E-state index in [1.807, 2.05) is 31.2 Å². The maximum Gasteiger partial charge on any atom is 0.210 e. The Morgan fingerprint density at radius 2 is 2.35 bits per heavy atom. The number of nitriles is 1. The van der Waals surface area contributed by atoms with Crippen LogP contribution in [-0.4, -0.2) is 16.0 Å². The highest BCUT2D eigenvalue weighted by Gasteiger charge is 2.04. The molecule has 0 aliphatic heterocycles. The van der Waals surface area contributed by atoms with Gasteiger partial charge in [0.05, 0.1) is 11.8 Å². The van der Waals surface area contributed by atoms with Crippen LogP contribution >= 0.6 is 23.1 Å². The molecule has 0 atom stereocenters. The molecule has 2 aromatic rings. The second-order valence-corrected chi connectivity index (χ2v) is 5.51. The van der Waals surface area contributed by atoms with E-state index in [1.165, 1.54) is 28.7 Å². The van der Waals surface area contributed by atoms with Crippen LogP contribution in [0.3, 0.4) is 0 Å². The third-order valence-corrected chi connectivity index (χ3v) is 3.77. The highest BCUT2D eigenvalue weighted by molar-refractivity contribution is 8.01. The van der Waals surface area contributed by atoms with E-state index in [0.29, 0.717) is 5.75 Å². The van der Waals surface area contributed by atoms with Gasteiger partial charge in [-0.2, -0.15) is 5.26 Å². The molecule has 0 fully saturated rings. The fourth-order valence-corrected chi connectivity index (χ4v) is 2.69. The molecule has 0 spiro atoms. The zero-order valence-corrected chi connectivity index (χ0v) is 10.8. The van der Waals surface area contributed by atoms with Crippen LogP contribution in [-0.2, 0) is 0 Å². The van der Waals surface area contributed by atoms with Crippen molar-refractivity contribution < 1.29 is 0 Å². The predicted molar refractivity (Wildman–Crippen MR) is 70.7 cm³/mol. The molecule has 0 radical (unpaired) electrons. The maximum absolute atomic E-state index is 8.47. The van der Waals surface area contributed by atoms with Gasteiger partial charge in [-0.3, -0.25) is 0 Å². The minimum absolute atomic E-state index is 0.402. The van der Waals surface area contributed by atoms with Crippen molar-refractivity contribution in [1.29, 1.82) is 5.26 Å². The van der Waals surface area contributed by atoms with Crippen LogP contribution in [0.15, 0.2) is 28.6 Å². The first-order valence-corrected chi connectivity index (χ1v) is 6.75. The molecular weight excluding hydrogens is 252 g/mol. The Morgan fingerprint density at radius 3 is 3.12 bits per heavy atom. The number of anilines is 2. The Bertz CT molecular complexity index is 544. The molecule has 0 saturated heterocycles. The van der Waals surface area contributed by atoms with Gasteiger partial charge in [-0.15, -0.1) is 10.2 Å². The zero-order chi connectivity index (χ0) is 12.1. The molecular formula is C11H10N4S2. The highest BCUT2D eigenvalue weighted by atomic mass is 32.2. The molecule has 0 bridgehead atoms. The summed E-state index contributed by atoms with van der Waals surface area (Å²) in [6.07, 6.45) is 0. The third-order valence-electron chi connectivity index (χ3n) is 1.94. The summed E-state index contributed by atoms with van der Waals surface area (Å²) in [4.78, 5) is 0. The molecule has 0 saturated carbocycles. The van der Waals surface area contributed by atoms with E-state index in [9.17, 15) is 0 Å². The van der Waals surface area contributed by atoms with Crippen LogP contribution in [0.1, 0.15) is 5.56 Å². The molecule has 1 aromatic carbocycles. The number of nitrogens with one attached hydrogen (secondary N) is 1. The van der Waals surface area contributed by atoms with Gasteiger partial charge in [0, 0.05) is 5.69 Å². The average molecular weight is 262 g/mol. The number of hydrogen-bond acceptors (Lipinski definition) is 6. The van der Waals surface area contributed by atoms with Crippen LogP contribution in [0.25, 0.3) is 0 Å². The van der Waals surface area contributed by atoms with Gasteiger partial charge in [-0.05, 0) is 24.6 Å². The van der Waals surface area contributed by atoms with Gasteiger partial charge in [0.2, 0.25) is 5.13 Å². The van der Waals surface area contributed by atoms with Crippen molar-refractivity contribution in [3.8, 4) is 6.07 Å². The molecule has 86 valence electrons. The fraction of sp³-hybridized carbons (Fsp3) is 0.182. The van der Waals surface area contributed by atoms with Crippen molar-refractivity contribution in [3.05, 3.63) is 29.8 Å². The van der Waals surface area contributed by atoms with Crippen LogP contribution in [0.2, 0.25) is 0 Å². The average Bonchev–Trinajstić information content (AvgIpc) is 2.74. The van der Waals surface area contributed by atoms with Gasteiger partial charge in [-0.1, -0.05) is 35.2 Å². The predicted octanol–water partition coefficient (Wildman–Crippen LogP) is 3.21.